The molecule has 1 aromatic carbocycles. The fourth-order valence-corrected chi connectivity index (χ4v) is 2.87. The maximum atomic E-state index is 12.5. The molecular formula is C19H26N2O4S. The Kier molecular flexibility index (Phi) is 7.87. The Bertz CT molecular complexity index is 658. The Balaban J connectivity index is 2.17. The summed E-state index contributed by atoms with van der Waals surface area (Å²) < 4.78 is 15.9. The second kappa shape index (κ2) is 10.1. The van der Waals surface area contributed by atoms with Crippen LogP contribution >= 0.6 is 12.2 Å². The lowest BCUT2D eigenvalue weighted by Gasteiger charge is -2.30. The molecule has 1 atom stereocenters. The van der Waals surface area contributed by atoms with Gasteiger partial charge in [-0.05, 0) is 43.3 Å². The summed E-state index contributed by atoms with van der Waals surface area (Å²) in [5.41, 5.74) is 2.11. The molecule has 0 unspecified atom stereocenters. The molecule has 0 aromatic heterocycles. The molecule has 1 heterocycles. The molecule has 7 heteroatoms. The molecule has 0 fully saturated rings. The van der Waals surface area contributed by atoms with Gasteiger partial charge in [0, 0.05) is 12.8 Å². The molecule has 0 aliphatic carbocycles. The Morgan fingerprint density at radius 1 is 1.19 bits per heavy atom. The first-order valence-electron chi connectivity index (χ1n) is 8.74. The average molecular weight is 378 g/mol. The first-order chi connectivity index (χ1) is 12.6. The van der Waals surface area contributed by atoms with E-state index in [0.29, 0.717) is 29.6 Å². The number of carbonyl (C=O) groups is 1. The maximum Gasteiger partial charge on any atom is 0.338 e. The van der Waals surface area contributed by atoms with E-state index < -0.39 is 5.97 Å². The zero-order valence-electron chi connectivity index (χ0n) is 15.5. The van der Waals surface area contributed by atoms with E-state index in [1.807, 2.05) is 31.2 Å². The number of allylic oxidation sites excluding steroid dienone is 1. The van der Waals surface area contributed by atoms with Crippen LogP contribution in [0, 0.1) is 0 Å². The minimum atomic E-state index is -0.393. The molecule has 142 valence electrons. The van der Waals surface area contributed by atoms with Crippen LogP contribution in [0.25, 0.3) is 0 Å². The van der Waals surface area contributed by atoms with Crippen molar-refractivity contribution in [2.45, 2.75) is 32.7 Å². The highest BCUT2D eigenvalue weighted by atomic mass is 32.1. The van der Waals surface area contributed by atoms with Crippen LogP contribution in [0.15, 0.2) is 35.5 Å². The van der Waals surface area contributed by atoms with Crippen molar-refractivity contribution < 1.29 is 19.0 Å². The lowest BCUT2D eigenvalue weighted by molar-refractivity contribution is -0.140. The third-order valence-electron chi connectivity index (χ3n) is 3.99. The number of hydrogen-bond acceptors (Lipinski definition) is 5. The summed E-state index contributed by atoms with van der Waals surface area (Å²) in [7, 11) is 1.56. The number of unbranched alkanes of at least 4 members (excludes halogenated alkanes) is 1. The van der Waals surface area contributed by atoms with Crippen LogP contribution in [0.4, 0.5) is 0 Å². The van der Waals surface area contributed by atoms with Crippen molar-refractivity contribution in [2.24, 2.45) is 0 Å². The Hall–Kier alpha value is -2.12. The zero-order valence-corrected chi connectivity index (χ0v) is 16.3. The van der Waals surface area contributed by atoms with Crippen molar-refractivity contribution in [2.75, 3.05) is 26.9 Å². The summed E-state index contributed by atoms with van der Waals surface area (Å²) in [5.74, 6) is 0.416. The van der Waals surface area contributed by atoms with Crippen molar-refractivity contribution in [3.05, 3.63) is 41.1 Å². The lowest BCUT2D eigenvalue weighted by Crippen LogP contribution is -2.45. The molecule has 26 heavy (non-hydrogen) atoms. The van der Waals surface area contributed by atoms with Crippen molar-refractivity contribution in [1.82, 2.24) is 10.6 Å². The van der Waals surface area contributed by atoms with Gasteiger partial charge in [-0.2, -0.15) is 0 Å². The largest absolute Gasteiger partial charge is 0.494 e. The summed E-state index contributed by atoms with van der Waals surface area (Å²) in [6.07, 6.45) is 2.11. The highest BCUT2D eigenvalue weighted by Crippen LogP contribution is 2.29. The molecular weight excluding hydrogens is 352 g/mol. The minimum absolute atomic E-state index is 0.202. The van der Waals surface area contributed by atoms with Crippen LogP contribution in [0.2, 0.25) is 0 Å². The van der Waals surface area contributed by atoms with Crippen LogP contribution in [-0.4, -0.2) is 38.0 Å². The van der Waals surface area contributed by atoms with Crippen molar-refractivity contribution >= 4 is 23.3 Å². The fourth-order valence-electron chi connectivity index (χ4n) is 2.60. The van der Waals surface area contributed by atoms with Crippen LogP contribution in [0.1, 0.15) is 38.3 Å². The number of carbonyl (C=O) groups excluding carboxylic acids is 1. The van der Waals surface area contributed by atoms with E-state index in [9.17, 15) is 4.79 Å². The van der Waals surface area contributed by atoms with Gasteiger partial charge in [0.25, 0.3) is 0 Å². The van der Waals surface area contributed by atoms with Crippen molar-refractivity contribution in [3.63, 3.8) is 0 Å². The predicted molar refractivity (Wildman–Crippen MR) is 104 cm³/mol. The second-order valence-electron chi connectivity index (χ2n) is 5.97. The van der Waals surface area contributed by atoms with E-state index in [2.05, 4.69) is 17.6 Å². The number of nitrogens with one attached hydrogen (secondary N) is 2. The van der Waals surface area contributed by atoms with E-state index in [1.165, 1.54) is 0 Å². The Labute approximate surface area is 159 Å². The molecule has 2 rings (SSSR count). The molecule has 1 aliphatic rings. The minimum Gasteiger partial charge on any atom is -0.494 e. The van der Waals surface area contributed by atoms with Crippen LogP contribution < -0.4 is 15.4 Å². The van der Waals surface area contributed by atoms with E-state index in [4.69, 9.17) is 26.4 Å². The summed E-state index contributed by atoms with van der Waals surface area (Å²) in [6.45, 7) is 5.19. The van der Waals surface area contributed by atoms with Gasteiger partial charge in [-0.25, -0.2) is 4.79 Å². The van der Waals surface area contributed by atoms with Crippen molar-refractivity contribution in [3.8, 4) is 5.75 Å². The van der Waals surface area contributed by atoms with Crippen LogP contribution in [-0.2, 0) is 14.3 Å². The van der Waals surface area contributed by atoms with Crippen LogP contribution in [0.3, 0.4) is 0 Å². The number of methoxy groups -OCH3 is 1. The van der Waals surface area contributed by atoms with Gasteiger partial charge in [0.05, 0.1) is 24.8 Å². The van der Waals surface area contributed by atoms with E-state index >= 15 is 0 Å². The van der Waals surface area contributed by atoms with Gasteiger partial charge in [0.1, 0.15) is 12.4 Å². The standard InChI is InChI=1S/C19H26N2O4S/c1-4-5-10-24-15-8-6-14(7-9-15)17-16(13(2)20-19(26)21-17)18(22)25-12-11-23-3/h6-9,17H,4-5,10-12H2,1-3H3,(H2,20,21,26)/t17-/m0/s1. The molecule has 0 saturated carbocycles. The smallest absolute Gasteiger partial charge is 0.338 e. The van der Waals surface area contributed by atoms with Crippen molar-refractivity contribution in [1.29, 1.82) is 0 Å². The molecule has 1 aliphatic heterocycles. The molecule has 0 spiro atoms. The Morgan fingerprint density at radius 2 is 1.92 bits per heavy atom. The number of ether oxygens (including phenoxy) is 3. The average Bonchev–Trinajstić information content (AvgIpc) is 2.62. The van der Waals surface area contributed by atoms with E-state index in [0.717, 1.165) is 24.2 Å². The topological polar surface area (TPSA) is 68.8 Å². The molecule has 0 bridgehead atoms. The van der Waals surface area contributed by atoms with E-state index in [1.54, 1.807) is 7.11 Å². The summed E-state index contributed by atoms with van der Waals surface area (Å²) in [5, 5.41) is 6.61. The molecule has 1 aromatic rings. The van der Waals surface area contributed by atoms with Gasteiger partial charge < -0.3 is 24.8 Å². The molecule has 2 N–H and O–H groups in total. The zero-order chi connectivity index (χ0) is 18.9. The monoisotopic (exact) mass is 378 g/mol. The summed E-state index contributed by atoms with van der Waals surface area (Å²) >= 11 is 5.25. The fraction of sp³-hybridized carbons (Fsp3) is 0.474. The molecule has 6 nitrogen and oxygen atoms in total. The van der Waals surface area contributed by atoms with Gasteiger partial charge >= 0.3 is 5.97 Å². The highest BCUT2D eigenvalue weighted by molar-refractivity contribution is 7.80. The van der Waals surface area contributed by atoms with Crippen LogP contribution in [0.5, 0.6) is 5.75 Å². The maximum absolute atomic E-state index is 12.5. The summed E-state index contributed by atoms with van der Waals surface area (Å²) in [6, 6.07) is 7.30. The summed E-state index contributed by atoms with van der Waals surface area (Å²) in [4.78, 5) is 12.5. The third-order valence-corrected chi connectivity index (χ3v) is 4.21. The predicted octanol–water partition coefficient (Wildman–Crippen LogP) is 2.85. The second-order valence-corrected chi connectivity index (χ2v) is 6.38. The van der Waals surface area contributed by atoms with Gasteiger partial charge in [0.15, 0.2) is 5.11 Å². The highest BCUT2D eigenvalue weighted by Gasteiger charge is 2.30. The lowest BCUT2D eigenvalue weighted by atomic mass is 9.95. The number of rotatable bonds is 9. The Morgan fingerprint density at radius 3 is 2.58 bits per heavy atom. The van der Waals surface area contributed by atoms with Gasteiger partial charge in [-0.3, -0.25) is 0 Å². The molecule has 0 radical (unpaired) electrons. The number of esters is 1. The number of hydrogen-bond donors (Lipinski definition) is 2. The normalized spacial score (nSPS) is 16.7. The first-order valence-corrected chi connectivity index (χ1v) is 9.14. The van der Waals surface area contributed by atoms with E-state index in [-0.39, 0.29) is 12.6 Å². The van der Waals surface area contributed by atoms with Gasteiger partial charge in [0.2, 0.25) is 0 Å². The molecule has 0 saturated heterocycles. The quantitative estimate of drug-likeness (QED) is 0.389. The molecule has 0 amide bonds. The third kappa shape index (κ3) is 5.44. The SMILES string of the molecule is CCCCOc1ccc([C@@H]2NC(=S)NC(C)=C2C(=O)OCCOC)cc1. The van der Waals surface area contributed by atoms with Gasteiger partial charge in [-0.1, -0.05) is 25.5 Å². The number of benzene rings is 1. The number of thiocarbonyl (C=S) groups is 1. The van der Waals surface area contributed by atoms with Gasteiger partial charge in [-0.15, -0.1) is 0 Å². The first kappa shape index (κ1) is 20.2.